The minimum atomic E-state index is -0.404. The van der Waals surface area contributed by atoms with E-state index in [4.69, 9.17) is 11.5 Å². The van der Waals surface area contributed by atoms with Gasteiger partial charge < -0.3 is 11.5 Å². The smallest absolute Gasteiger partial charge is 0.0799 e. The maximum atomic E-state index is 5.35. The van der Waals surface area contributed by atoms with Gasteiger partial charge in [0.05, 0.1) is 6.17 Å². The van der Waals surface area contributed by atoms with Crippen molar-refractivity contribution in [1.29, 1.82) is 0 Å². The van der Waals surface area contributed by atoms with Crippen molar-refractivity contribution in [3.05, 3.63) is 30.1 Å². The standard InChI is InChI=1S/C6H9N3.ClH/c7-6(8)5-2-1-3-9-4-5;/h1-4,6H,7-8H2;1H. The van der Waals surface area contributed by atoms with E-state index in [1.807, 2.05) is 12.1 Å². The molecule has 0 saturated heterocycles. The topological polar surface area (TPSA) is 64.9 Å². The predicted molar refractivity (Wildman–Crippen MR) is 42.6 cm³/mol. The summed E-state index contributed by atoms with van der Waals surface area (Å²) in [5, 5.41) is 0. The number of hydrogen-bond donors (Lipinski definition) is 2. The molecule has 1 aromatic rings. The zero-order valence-electron chi connectivity index (χ0n) is 5.40. The third kappa shape index (κ3) is 2.31. The van der Waals surface area contributed by atoms with E-state index in [0.717, 1.165) is 5.56 Å². The highest BCUT2D eigenvalue weighted by atomic mass is 35.5. The molecule has 1 rings (SSSR count). The summed E-state index contributed by atoms with van der Waals surface area (Å²) in [5.41, 5.74) is 11.6. The summed E-state index contributed by atoms with van der Waals surface area (Å²) >= 11 is 0. The summed E-state index contributed by atoms with van der Waals surface area (Å²) in [6.07, 6.45) is 2.94. The number of rotatable bonds is 1. The van der Waals surface area contributed by atoms with Gasteiger partial charge in [0, 0.05) is 18.0 Å². The van der Waals surface area contributed by atoms with Crippen LogP contribution in [0.15, 0.2) is 24.5 Å². The summed E-state index contributed by atoms with van der Waals surface area (Å²) in [4.78, 5) is 3.85. The SMILES string of the molecule is Cl.NC(N)c1cccnc1. The fraction of sp³-hybridized carbons (Fsp3) is 0.167. The molecule has 56 valence electrons. The lowest BCUT2D eigenvalue weighted by Crippen LogP contribution is -2.19. The Labute approximate surface area is 65.8 Å². The fourth-order valence-corrected chi connectivity index (χ4v) is 0.573. The number of nitrogens with two attached hydrogens (primary N) is 2. The van der Waals surface area contributed by atoms with Crippen molar-refractivity contribution in [2.45, 2.75) is 6.17 Å². The molecule has 4 N–H and O–H groups in total. The van der Waals surface area contributed by atoms with Gasteiger partial charge >= 0.3 is 0 Å². The molecule has 0 unspecified atom stereocenters. The first kappa shape index (κ1) is 9.36. The average molecular weight is 160 g/mol. The maximum Gasteiger partial charge on any atom is 0.0799 e. The van der Waals surface area contributed by atoms with Gasteiger partial charge in [-0.25, -0.2) is 0 Å². The van der Waals surface area contributed by atoms with Crippen LogP contribution in [0.3, 0.4) is 0 Å². The molecule has 0 aromatic carbocycles. The fourth-order valence-electron chi connectivity index (χ4n) is 0.573. The second-order valence-electron chi connectivity index (χ2n) is 1.81. The van der Waals surface area contributed by atoms with Crippen LogP contribution in [-0.2, 0) is 0 Å². The lowest BCUT2D eigenvalue weighted by Gasteiger charge is -2.01. The molecular formula is C6H10ClN3. The lowest BCUT2D eigenvalue weighted by molar-refractivity contribution is 0.768. The zero-order chi connectivity index (χ0) is 6.69. The predicted octanol–water partition coefficient (Wildman–Crippen LogP) is 0.419. The summed E-state index contributed by atoms with van der Waals surface area (Å²) in [6, 6.07) is 3.65. The number of nitrogens with zero attached hydrogens (tertiary/aromatic N) is 1. The van der Waals surface area contributed by atoms with Crippen LogP contribution in [0.2, 0.25) is 0 Å². The van der Waals surface area contributed by atoms with Gasteiger partial charge in [-0.05, 0) is 6.07 Å². The molecule has 0 saturated carbocycles. The van der Waals surface area contributed by atoms with Crippen molar-refractivity contribution in [2.24, 2.45) is 11.5 Å². The molecule has 1 heterocycles. The molecule has 0 fully saturated rings. The summed E-state index contributed by atoms with van der Waals surface area (Å²) < 4.78 is 0. The minimum absolute atomic E-state index is 0. The molecule has 0 radical (unpaired) electrons. The molecule has 4 heteroatoms. The Morgan fingerprint density at radius 1 is 1.40 bits per heavy atom. The summed E-state index contributed by atoms with van der Waals surface area (Å²) in [7, 11) is 0. The molecule has 0 aliphatic carbocycles. The van der Waals surface area contributed by atoms with Gasteiger partial charge in [-0.3, -0.25) is 4.98 Å². The van der Waals surface area contributed by atoms with Crippen molar-refractivity contribution in [1.82, 2.24) is 4.98 Å². The van der Waals surface area contributed by atoms with E-state index in [1.54, 1.807) is 12.4 Å². The van der Waals surface area contributed by atoms with Gasteiger partial charge in [-0.2, -0.15) is 0 Å². The normalized spacial score (nSPS) is 9.10. The van der Waals surface area contributed by atoms with Gasteiger partial charge in [0.1, 0.15) is 0 Å². The molecule has 0 aliphatic rings. The van der Waals surface area contributed by atoms with Gasteiger partial charge in [-0.1, -0.05) is 6.07 Å². The van der Waals surface area contributed by atoms with E-state index in [9.17, 15) is 0 Å². The molecule has 0 amide bonds. The Kier molecular flexibility index (Phi) is 3.95. The Bertz CT molecular complexity index is 176. The van der Waals surface area contributed by atoms with Crippen LogP contribution >= 0.6 is 12.4 Å². The molecule has 0 spiro atoms. The van der Waals surface area contributed by atoms with Crippen LogP contribution in [0.5, 0.6) is 0 Å². The van der Waals surface area contributed by atoms with Crippen LogP contribution in [0.25, 0.3) is 0 Å². The van der Waals surface area contributed by atoms with Crippen molar-refractivity contribution < 1.29 is 0 Å². The van der Waals surface area contributed by atoms with Crippen molar-refractivity contribution in [2.75, 3.05) is 0 Å². The third-order valence-corrected chi connectivity index (χ3v) is 1.07. The maximum absolute atomic E-state index is 5.35. The Balaban J connectivity index is 0.000000810. The number of hydrogen-bond acceptors (Lipinski definition) is 3. The molecule has 3 nitrogen and oxygen atoms in total. The first-order valence-electron chi connectivity index (χ1n) is 2.72. The Hall–Kier alpha value is -0.640. The minimum Gasteiger partial charge on any atom is -0.312 e. The van der Waals surface area contributed by atoms with E-state index >= 15 is 0 Å². The second-order valence-corrected chi connectivity index (χ2v) is 1.81. The molecular weight excluding hydrogens is 150 g/mol. The lowest BCUT2D eigenvalue weighted by atomic mass is 10.2. The molecule has 0 atom stereocenters. The van der Waals surface area contributed by atoms with Crippen molar-refractivity contribution in [3.63, 3.8) is 0 Å². The van der Waals surface area contributed by atoms with E-state index in [1.165, 1.54) is 0 Å². The highest BCUT2D eigenvalue weighted by Crippen LogP contribution is 1.99. The van der Waals surface area contributed by atoms with E-state index in [-0.39, 0.29) is 12.4 Å². The Morgan fingerprint density at radius 2 is 2.10 bits per heavy atom. The van der Waals surface area contributed by atoms with Crippen LogP contribution in [0, 0.1) is 0 Å². The van der Waals surface area contributed by atoms with Crippen molar-refractivity contribution in [3.8, 4) is 0 Å². The monoisotopic (exact) mass is 159 g/mol. The molecule has 0 aliphatic heterocycles. The number of aromatic nitrogens is 1. The highest BCUT2D eigenvalue weighted by Gasteiger charge is 1.94. The van der Waals surface area contributed by atoms with Crippen LogP contribution < -0.4 is 11.5 Å². The van der Waals surface area contributed by atoms with E-state index < -0.39 is 6.17 Å². The van der Waals surface area contributed by atoms with Crippen molar-refractivity contribution >= 4 is 12.4 Å². The summed E-state index contributed by atoms with van der Waals surface area (Å²) in [5.74, 6) is 0. The highest BCUT2D eigenvalue weighted by molar-refractivity contribution is 5.85. The van der Waals surface area contributed by atoms with Gasteiger partial charge in [0.25, 0.3) is 0 Å². The quantitative estimate of drug-likeness (QED) is 0.584. The third-order valence-electron chi connectivity index (χ3n) is 1.07. The molecule has 1 aromatic heterocycles. The van der Waals surface area contributed by atoms with E-state index in [2.05, 4.69) is 4.98 Å². The van der Waals surface area contributed by atoms with Crippen LogP contribution in [-0.4, -0.2) is 4.98 Å². The number of halogens is 1. The van der Waals surface area contributed by atoms with Crippen LogP contribution in [0.4, 0.5) is 0 Å². The summed E-state index contributed by atoms with van der Waals surface area (Å²) in [6.45, 7) is 0. The van der Waals surface area contributed by atoms with Gasteiger partial charge in [-0.15, -0.1) is 12.4 Å². The van der Waals surface area contributed by atoms with Crippen LogP contribution in [0.1, 0.15) is 11.7 Å². The molecule has 0 bridgehead atoms. The van der Waals surface area contributed by atoms with E-state index in [0.29, 0.717) is 0 Å². The van der Waals surface area contributed by atoms with Gasteiger partial charge in [0.15, 0.2) is 0 Å². The first-order valence-corrected chi connectivity index (χ1v) is 2.72. The average Bonchev–Trinajstić information content (AvgIpc) is 1.90. The molecule has 10 heavy (non-hydrogen) atoms. The zero-order valence-corrected chi connectivity index (χ0v) is 6.21. The Morgan fingerprint density at radius 3 is 2.40 bits per heavy atom. The second kappa shape index (κ2) is 4.22. The first-order chi connectivity index (χ1) is 4.30. The largest absolute Gasteiger partial charge is 0.312 e. The number of pyridine rings is 1. The van der Waals surface area contributed by atoms with Gasteiger partial charge in [0.2, 0.25) is 0 Å².